The third-order valence-corrected chi connectivity index (χ3v) is 6.39. The minimum Gasteiger partial charge on any atom is -0.458 e. The first-order valence-corrected chi connectivity index (χ1v) is 11.5. The van der Waals surface area contributed by atoms with Gasteiger partial charge in [0.25, 0.3) is 0 Å². The number of para-hydroxylation sites is 3. The molecule has 0 aliphatic rings. The summed E-state index contributed by atoms with van der Waals surface area (Å²) in [6.45, 7) is 0. The standard InChI is InChI=1S/C29H21N5O/c1-32-19-33(27-12-5-4-11-26(27)32)20-7-6-8-21(17-20)35-22-13-14-24-23-9-2-3-10-25(23)34(28(24)18-22)29-30-15-16-31-29/h2-18H,1H3,(H,30,31). The normalized spacial score (nSPS) is 11.6. The maximum Gasteiger partial charge on any atom is 0.244 e. The number of aromatic nitrogens is 5. The summed E-state index contributed by atoms with van der Waals surface area (Å²) in [5.41, 5.74) is 5.34. The molecule has 6 nitrogen and oxygen atoms in total. The van der Waals surface area contributed by atoms with Crippen LogP contribution in [0.25, 0.3) is 44.5 Å². The van der Waals surface area contributed by atoms with Crippen molar-refractivity contribution in [2.75, 3.05) is 0 Å². The molecule has 35 heavy (non-hydrogen) atoms. The summed E-state index contributed by atoms with van der Waals surface area (Å²) in [6.07, 6.45) is 6.99. The largest absolute Gasteiger partial charge is 0.458 e. The molecule has 0 amide bonds. The number of hydrogen-bond acceptors (Lipinski definition) is 2. The van der Waals surface area contributed by atoms with Gasteiger partial charge >= 0.3 is 0 Å². The molecule has 0 saturated carbocycles. The Kier molecular flexibility index (Phi) is 4.26. The molecule has 0 saturated heterocycles. The minimum atomic E-state index is 0.761. The summed E-state index contributed by atoms with van der Waals surface area (Å²) in [6, 6.07) is 30.9. The number of H-pyrrole nitrogens is 1. The summed E-state index contributed by atoms with van der Waals surface area (Å²) in [5, 5.41) is 2.33. The van der Waals surface area contributed by atoms with Crippen molar-refractivity contribution < 1.29 is 9.30 Å². The van der Waals surface area contributed by atoms with Crippen LogP contribution >= 0.6 is 0 Å². The average molecular weight is 456 g/mol. The molecule has 0 aliphatic heterocycles. The molecule has 1 N–H and O–H groups in total. The highest BCUT2D eigenvalue weighted by molar-refractivity contribution is 6.09. The second kappa shape index (κ2) is 7.60. The van der Waals surface area contributed by atoms with Gasteiger partial charge in [0.15, 0.2) is 0 Å². The summed E-state index contributed by atoms with van der Waals surface area (Å²) in [4.78, 5) is 7.74. The van der Waals surface area contributed by atoms with E-state index in [1.807, 2.05) is 60.3 Å². The van der Waals surface area contributed by atoms with Crippen LogP contribution in [0.1, 0.15) is 0 Å². The molecule has 3 aromatic heterocycles. The second-order valence-electron chi connectivity index (χ2n) is 8.53. The van der Waals surface area contributed by atoms with E-state index in [4.69, 9.17) is 4.74 Å². The fourth-order valence-electron chi connectivity index (χ4n) is 4.83. The van der Waals surface area contributed by atoms with Crippen LogP contribution < -0.4 is 9.30 Å². The first kappa shape index (κ1) is 19.6. The van der Waals surface area contributed by atoms with Crippen molar-refractivity contribution in [2.24, 2.45) is 7.05 Å². The van der Waals surface area contributed by atoms with Crippen molar-refractivity contribution in [2.45, 2.75) is 0 Å². The highest BCUT2D eigenvalue weighted by atomic mass is 16.5. The fourth-order valence-corrected chi connectivity index (χ4v) is 4.83. The number of benzene rings is 4. The van der Waals surface area contributed by atoms with E-state index in [1.165, 1.54) is 5.39 Å². The van der Waals surface area contributed by atoms with Crippen LogP contribution in [0.3, 0.4) is 0 Å². The molecule has 4 aromatic carbocycles. The van der Waals surface area contributed by atoms with E-state index in [1.54, 1.807) is 6.20 Å². The number of aromatic amines is 1. The van der Waals surface area contributed by atoms with Gasteiger partial charge in [0.1, 0.15) is 11.5 Å². The molecule has 0 fully saturated rings. The van der Waals surface area contributed by atoms with E-state index in [2.05, 4.69) is 74.0 Å². The van der Waals surface area contributed by atoms with Gasteiger partial charge in [-0.05, 0) is 30.3 Å². The van der Waals surface area contributed by atoms with Gasteiger partial charge in [-0.25, -0.2) is 4.98 Å². The number of nitrogens with zero attached hydrogens (tertiary/aromatic N) is 4. The number of fused-ring (bicyclic) bond motifs is 4. The van der Waals surface area contributed by atoms with Gasteiger partial charge < -0.3 is 18.9 Å². The molecule has 0 atom stereocenters. The van der Waals surface area contributed by atoms with Crippen LogP contribution in [-0.2, 0) is 7.05 Å². The van der Waals surface area contributed by atoms with Crippen molar-refractivity contribution in [3.8, 4) is 23.1 Å². The predicted molar refractivity (Wildman–Crippen MR) is 136 cm³/mol. The van der Waals surface area contributed by atoms with Gasteiger partial charge in [-0.15, -0.1) is 0 Å². The van der Waals surface area contributed by atoms with Crippen molar-refractivity contribution in [3.05, 3.63) is 110 Å². The molecule has 0 bridgehead atoms. The van der Waals surface area contributed by atoms with Crippen LogP contribution in [0.2, 0.25) is 0 Å². The van der Waals surface area contributed by atoms with Crippen molar-refractivity contribution in [1.29, 1.82) is 0 Å². The zero-order valence-electron chi connectivity index (χ0n) is 19.0. The highest BCUT2D eigenvalue weighted by Gasteiger charge is 2.14. The molecule has 3 heterocycles. The molecule has 7 aromatic rings. The van der Waals surface area contributed by atoms with Gasteiger partial charge in [0.2, 0.25) is 12.3 Å². The predicted octanol–water partition coefficient (Wildman–Crippen LogP) is 5.87. The third kappa shape index (κ3) is 3.11. The molecule has 0 radical (unpaired) electrons. The van der Waals surface area contributed by atoms with E-state index >= 15 is 0 Å². The van der Waals surface area contributed by atoms with Gasteiger partial charge in [-0.1, -0.05) is 54.6 Å². The lowest BCUT2D eigenvalue weighted by atomic mass is 10.1. The maximum absolute atomic E-state index is 6.36. The van der Waals surface area contributed by atoms with Gasteiger partial charge in [-0.2, -0.15) is 0 Å². The van der Waals surface area contributed by atoms with Crippen LogP contribution in [-0.4, -0.2) is 19.1 Å². The van der Waals surface area contributed by atoms with E-state index in [-0.39, 0.29) is 0 Å². The number of imidazole rings is 2. The Hall–Kier alpha value is -4.84. The average Bonchev–Trinajstić information content (AvgIpc) is 3.61. The van der Waals surface area contributed by atoms with Crippen molar-refractivity contribution in [3.63, 3.8) is 0 Å². The Balaban J connectivity index is 1.32. The van der Waals surface area contributed by atoms with Crippen molar-refractivity contribution >= 4 is 32.8 Å². The lowest BCUT2D eigenvalue weighted by molar-refractivity contribution is -0.572. The Bertz CT molecular complexity index is 1840. The first-order valence-electron chi connectivity index (χ1n) is 11.5. The van der Waals surface area contributed by atoms with Crippen LogP contribution in [0.15, 0.2) is 103 Å². The molecule has 0 spiro atoms. The Labute approximate surface area is 201 Å². The Morgan fingerprint density at radius 2 is 1.60 bits per heavy atom. The Morgan fingerprint density at radius 3 is 2.49 bits per heavy atom. The summed E-state index contributed by atoms with van der Waals surface area (Å²) in [5.74, 6) is 2.30. The fraction of sp³-hybridized carbons (Fsp3) is 0.0345. The van der Waals surface area contributed by atoms with E-state index < -0.39 is 0 Å². The summed E-state index contributed by atoms with van der Waals surface area (Å²) < 4.78 is 12.6. The minimum absolute atomic E-state index is 0.761. The number of rotatable bonds is 4. The zero-order chi connectivity index (χ0) is 23.4. The molecule has 0 unspecified atom stereocenters. The molecule has 168 valence electrons. The van der Waals surface area contributed by atoms with E-state index in [0.717, 1.165) is 50.6 Å². The van der Waals surface area contributed by atoms with E-state index in [9.17, 15) is 0 Å². The monoisotopic (exact) mass is 455 g/mol. The number of nitrogens with one attached hydrogen (secondary N) is 1. The molecule has 6 heteroatoms. The second-order valence-corrected chi connectivity index (χ2v) is 8.53. The molecule has 7 rings (SSSR count). The third-order valence-electron chi connectivity index (χ3n) is 6.39. The molecule has 0 aliphatic carbocycles. The first-order chi connectivity index (χ1) is 17.3. The Morgan fingerprint density at radius 1 is 0.800 bits per heavy atom. The van der Waals surface area contributed by atoms with E-state index in [0.29, 0.717) is 0 Å². The van der Waals surface area contributed by atoms with Crippen LogP contribution in [0, 0.1) is 6.33 Å². The summed E-state index contributed by atoms with van der Waals surface area (Å²) >= 11 is 0. The maximum atomic E-state index is 6.36. The number of ether oxygens (including phenoxy) is 1. The van der Waals surface area contributed by atoms with Gasteiger partial charge in [0, 0.05) is 29.2 Å². The quantitative estimate of drug-likeness (QED) is 0.267. The van der Waals surface area contributed by atoms with Gasteiger partial charge in [-0.3, -0.25) is 4.57 Å². The SMILES string of the molecule is Cn1[c-][n+](-c2cccc(Oc3ccc4c5ccccc5n(-c5ncc[nH]5)c4c3)c2)c2ccccc21. The summed E-state index contributed by atoms with van der Waals surface area (Å²) in [7, 11) is 2.01. The smallest absolute Gasteiger partial charge is 0.244 e. The number of hydrogen-bond donors (Lipinski definition) is 1. The van der Waals surface area contributed by atoms with Crippen LogP contribution in [0.5, 0.6) is 11.5 Å². The van der Waals surface area contributed by atoms with Crippen molar-refractivity contribution in [1.82, 2.24) is 19.1 Å². The lowest BCUT2D eigenvalue weighted by Crippen LogP contribution is -2.29. The topological polar surface area (TPSA) is 51.6 Å². The highest BCUT2D eigenvalue weighted by Crippen LogP contribution is 2.34. The molecular weight excluding hydrogens is 434 g/mol. The van der Waals surface area contributed by atoms with Crippen LogP contribution in [0.4, 0.5) is 0 Å². The lowest BCUT2D eigenvalue weighted by Gasteiger charge is -2.10. The zero-order valence-corrected chi connectivity index (χ0v) is 19.0. The number of aryl methyl sites for hydroxylation is 1. The molecular formula is C29H21N5O. The van der Waals surface area contributed by atoms with Gasteiger partial charge in [0.05, 0.1) is 34.8 Å².